The fourth-order valence-electron chi connectivity index (χ4n) is 3.21. The number of methoxy groups -OCH3 is 1. The van der Waals surface area contributed by atoms with Crippen LogP contribution in [0.5, 0.6) is 5.75 Å². The van der Waals surface area contributed by atoms with Gasteiger partial charge >= 0.3 is 0 Å². The minimum absolute atomic E-state index is 0.0708. The van der Waals surface area contributed by atoms with Gasteiger partial charge in [0.05, 0.1) is 30.3 Å². The van der Waals surface area contributed by atoms with Gasteiger partial charge in [0.2, 0.25) is 5.91 Å². The van der Waals surface area contributed by atoms with Crippen LogP contribution in [-0.2, 0) is 4.79 Å². The van der Waals surface area contributed by atoms with E-state index in [0.29, 0.717) is 24.1 Å². The molecular weight excluding hydrogens is 298 g/mol. The quantitative estimate of drug-likeness (QED) is 0.665. The van der Waals surface area contributed by atoms with Gasteiger partial charge in [-0.15, -0.1) is 0 Å². The molecular formula is C16H23N3O4. The second-order valence-electron chi connectivity index (χ2n) is 6.33. The number of nitrogens with one attached hydrogen (secondary N) is 1. The molecule has 23 heavy (non-hydrogen) atoms. The van der Waals surface area contributed by atoms with Crippen molar-refractivity contribution in [1.29, 1.82) is 0 Å². The van der Waals surface area contributed by atoms with E-state index >= 15 is 0 Å². The third-order valence-corrected chi connectivity index (χ3v) is 3.98. The van der Waals surface area contributed by atoms with Crippen molar-refractivity contribution in [1.82, 2.24) is 4.90 Å². The van der Waals surface area contributed by atoms with E-state index in [0.717, 1.165) is 13.1 Å². The number of ether oxygens (including phenoxy) is 1. The molecule has 0 bridgehead atoms. The summed E-state index contributed by atoms with van der Waals surface area (Å²) in [5, 5.41) is 13.6. The summed E-state index contributed by atoms with van der Waals surface area (Å²) in [6.07, 6.45) is 1.19. The number of nitro groups is 1. The molecule has 7 heteroatoms. The first-order valence-electron chi connectivity index (χ1n) is 7.73. The number of carbonyl (C=O) groups is 1. The fraction of sp³-hybridized carbons (Fsp3) is 0.562. The molecule has 126 valence electrons. The topological polar surface area (TPSA) is 84.7 Å². The molecule has 1 aromatic rings. The minimum Gasteiger partial charge on any atom is -0.494 e. The van der Waals surface area contributed by atoms with E-state index in [4.69, 9.17) is 4.74 Å². The predicted molar refractivity (Wildman–Crippen MR) is 87.7 cm³/mol. The van der Waals surface area contributed by atoms with E-state index in [1.54, 1.807) is 0 Å². The number of piperidine rings is 1. The number of anilines is 1. The first-order chi connectivity index (χ1) is 10.9. The highest BCUT2D eigenvalue weighted by Crippen LogP contribution is 2.29. The molecule has 1 heterocycles. The monoisotopic (exact) mass is 321 g/mol. The van der Waals surface area contributed by atoms with Crippen LogP contribution in [0.25, 0.3) is 0 Å². The van der Waals surface area contributed by atoms with Crippen molar-refractivity contribution in [3.8, 4) is 5.75 Å². The second-order valence-corrected chi connectivity index (χ2v) is 6.33. The first kappa shape index (κ1) is 17.2. The van der Waals surface area contributed by atoms with Gasteiger partial charge in [-0.1, -0.05) is 13.8 Å². The van der Waals surface area contributed by atoms with Crippen LogP contribution in [0.3, 0.4) is 0 Å². The number of amides is 1. The fourth-order valence-corrected chi connectivity index (χ4v) is 3.21. The summed E-state index contributed by atoms with van der Waals surface area (Å²) in [5.41, 5.74) is 0.375. The van der Waals surface area contributed by atoms with Crippen molar-refractivity contribution in [2.45, 2.75) is 20.3 Å². The lowest BCUT2D eigenvalue weighted by Crippen LogP contribution is -2.42. The molecule has 1 aliphatic heterocycles. The lowest BCUT2D eigenvalue weighted by atomic mass is 9.92. The molecule has 0 aromatic heterocycles. The van der Waals surface area contributed by atoms with Crippen LogP contribution in [0, 0.1) is 22.0 Å². The Balaban J connectivity index is 2.01. The van der Waals surface area contributed by atoms with Gasteiger partial charge in [-0.25, -0.2) is 0 Å². The Kier molecular flexibility index (Phi) is 5.54. The van der Waals surface area contributed by atoms with E-state index < -0.39 is 4.92 Å². The molecule has 1 aliphatic rings. The Morgan fingerprint density at radius 1 is 1.39 bits per heavy atom. The Labute approximate surface area is 135 Å². The molecule has 2 atom stereocenters. The molecule has 0 unspecified atom stereocenters. The number of nitro benzene ring substituents is 1. The molecule has 2 rings (SSSR count). The number of likely N-dealkylation sites (tertiary alicyclic amines) is 1. The zero-order chi connectivity index (χ0) is 17.0. The van der Waals surface area contributed by atoms with Crippen LogP contribution in [0.2, 0.25) is 0 Å². The van der Waals surface area contributed by atoms with Gasteiger partial charge in [-0.05, 0) is 24.3 Å². The Morgan fingerprint density at radius 2 is 2.04 bits per heavy atom. The van der Waals surface area contributed by atoms with Crippen molar-refractivity contribution in [2.75, 3.05) is 32.1 Å². The van der Waals surface area contributed by atoms with Crippen molar-refractivity contribution >= 4 is 17.3 Å². The number of benzene rings is 1. The van der Waals surface area contributed by atoms with Crippen molar-refractivity contribution < 1.29 is 14.5 Å². The smallest absolute Gasteiger partial charge is 0.273 e. The van der Waals surface area contributed by atoms with Gasteiger partial charge in [0, 0.05) is 19.2 Å². The molecule has 0 radical (unpaired) electrons. The van der Waals surface area contributed by atoms with Gasteiger partial charge in [0.25, 0.3) is 5.69 Å². The second kappa shape index (κ2) is 7.41. The first-order valence-corrected chi connectivity index (χ1v) is 7.73. The van der Waals surface area contributed by atoms with E-state index in [2.05, 4.69) is 24.1 Å². The van der Waals surface area contributed by atoms with Crippen LogP contribution in [0.4, 0.5) is 11.4 Å². The SMILES string of the molecule is COc1cc([N+](=O)[O-])ccc1NC(=O)CN1C[C@H](C)C[C@@H](C)C1. The minimum atomic E-state index is -0.495. The Hall–Kier alpha value is -2.15. The molecule has 0 saturated carbocycles. The highest BCUT2D eigenvalue weighted by molar-refractivity contribution is 5.93. The molecule has 1 fully saturated rings. The predicted octanol–water partition coefficient (Wildman–Crippen LogP) is 2.52. The zero-order valence-corrected chi connectivity index (χ0v) is 13.7. The summed E-state index contributed by atoms with van der Waals surface area (Å²) >= 11 is 0. The zero-order valence-electron chi connectivity index (χ0n) is 13.7. The Bertz CT molecular complexity index is 581. The van der Waals surface area contributed by atoms with Crippen LogP contribution in [0.1, 0.15) is 20.3 Å². The maximum absolute atomic E-state index is 12.2. The van der Waals surface area contributed by atoms with E-state index in [1.165, 1.54) is 31.7 Å². The van der Waals surface area contributed by atoms with E-state index in [-0.39, 0.29) is 17.3 Å². The number of hydrogen-bond donors (Lipinski definition) is 1. The molecule has 1 N–H and O–H groups in total. The van der Waals surface area contributed by atoms with Gasteiger partial charge in [-0.2, -0.15) is 0 Å². The molecule has 7 nitrogen and oxygen atoms in total. The van der Waals surface area contributed by atoms with Crippen molar-refractivity contribution in [3.63, 3.8) is 0 Å². The van der Waals surface area contributed by atoms with Gasteiger partial charge in [0.1, 0.15) is 5.75 Å². The normalized spacial score (nSPS) is 21.7. The number of rotatable bonds is 5. The summed E-state index contributed by atoms with van der Waals surface area (Å²) < 4.78 is 5.13. The lowest BCUT2D eigenvalue weighted by molar-refractivity contribution is -0.384. The number of nitrogens with zero attached hydrogens (tertiary/aromatic N) is 2. The average Bonchev–Trinajstić information content (AvgIpc) is 2.46. The van der Waals surface area contributed by atoms with Crippen LogP contribution < -0.4 is 10.1 Å². The van der Waals surface area contributed by atoms with Gasteiger partial charge in [0.15, 0.2) is 0 Å². The van der Waals surface area contributed by atoms with Crippen molar-refractivity contribution in [3.05, 3.63) is 28.3 Å². The highest BCUT2D eigenvalue weighted by atomic mass is 16.6. The van der Waals surface area contributed by atoms with Crippen molar-refractivity contribution in [2.24, 2.45) is 11.8 Å². The van der Waals surface area contributed by atoms with Crippen LogP contribution in [0.15, 0.2) is 18.2 Å². The average molecular weight is 321 g/mol. The molecule has 0 aliphatic carbocycles. The van der Waals surface area contributed by atoms with Crippen LogP contribution >= 0.6 is 0 Å². The summed E-state index contributed by atoms with van der Waals surface area (Å²) in [6.45, 7) is 6.53. The van der Waals surface area contributed by atoms with E-state index in [1.807, 2.05) is 0 Å². The largest absolute Gasteiger partial charge is 0.494 e. The summed E-state index contributed by atoms with van der Waals surface area (Å²) in [6, 6.07) is 4.15. The number of hydrogen-bond acceptors (Lipinski definition) is 5. The Morgan fingerprint density at radius 3 is 2.61 bits per heavy atom. The summed E-state index contributed by atoms with van der Waals surface area (Å²) in [4.78, 5) is 24.7. The highest BCUT2D eigenvalue weighted by Gasteiger charge is 2.23. The lowest BCUT2D eigenvalue weighted by Gasteiger charge is -2.34. The maximum atomic E-state index is 12.2. The maximum Gasteiger partial charge on any atom is 0.273 e. The standard InChI is InChI=1S/C16H23N3O4/c1-11-6-12(2)9-18(8-11)10-16(20)17-14-5-4-13(19(21)22)7-15(14)23-3/h4-5,7,11-12H,6,8-10H2,1-3H3,(H,17,20)/t11-,12-/m1/s1. The van der Waals surface area contributed by atoms with Gasteiger partial charge in [-0.3, -0.25) is 19.8 Å². The van der Waals surface area contributed by atoms with Crippen LogP contribution in [-0.4, -0.2) is 42.5 Å². The molecule has 1 aromatic carbocycles. The summed E-state index contributed by atoms with van der Waals surface area (Å²) in [5.74, 6) is 1.31. The molecule has 1 amide bonds. The molecule has 0 spiro atoms. The van der Waals surface area contributed by atoms with E-state index in [9.17, 15) is 14.9 Å². The summed E-state index contributed by atoms with van der Waals surface area (Å²) in [7, 11) is 1.42. The molecule has 1 saturated heterocycles. The third-order valence-electron chi connectivity index (χ3n) is 3.98. The number of non-ortho nitro benzene ring substituents is 1. The van der Waals surface area contributed by atoms with Gasteiger partial charge < -0.3 is 10.1 Å². The number of carbonyl (C=O) groups excluding carboxylic acids is 1. The third kappa shape index (κ3) is 4.66.